The molecule has 2 aromatic rings. The van der Waals surface area contributed by atoms with Crippen molar-refractivity contribution in [1.29, 1.82) is 0 Å². The summed E-state index contributed by atoms with van der Waals surface area (Å²) in [4.78, 5) is 3.69. The van der Waals surface area contributed by atoms with E-state index in [1.54, 1.807) is 0 Å². The fourth-order valence-electron chi connectivity index (χ4n) is 2.46. The van der Waals surface area contributed by atoms with E-state index in [9.17, 15) is 17.2 Å². The summed E-state index contributed by atoms with van der Waals surface area (Å²) >= 11 is 0. The molecule has 3 rings (SSSR count). The van der Waals surface area contributed by atoms with Crippen LogP contribution in [-0.4, -0.2) is 37.9 Å². The van der Waals surface area contributed by atoms with Gasteiger partial charge in [-0.3, -0.25) is 0 Å². The van der Waals surface area contributed by atoms with Gasteiger partial charge in [0, 0.05) is 12.2 Å². The number of furan rings is 1. The molecule has 1 aliphatic rings. The Hall–Kier alpha value is -1.81. The van der Waals surface area contributed by atoms with Crippen molar-refractivity contribution in [1.82, 2.24) is 15.5 Å². The molecule has 1 N–H and O–H groups in total. The molecule has 0 unspecified atom stereocenters. The summed E-state index contributed by atoms with van der Waals surface area (Å²) in [5, 5.41) is 6.20. The smallest absolute Gasteiger partial charge is 0.327 e. The molecule has 0 atom stereocenters. The van der Waals surface area contributed by atoms with Crippen molar-refractivity contribution in [3.05, 3.63) is 18.0 Å². The highest BCUT2D eigenvalue weighted by Gasteiger charge is 2.47. The third-order valence-corrected chi connectivity index (χ3v) is 4.68. The average Bonchev–Trinajstić information content (AvgIpc) is 3.16. The molecule has 0 aliphatic carbocycles. The first-order valence-electron chi connectivity index (χ1n) is 7.01. The van der Waals surface area contributed by atoms with Crippen LogP contribution in [0.5, 0.6) is 0 Å². The fourth-order valence-corrected chi connectivity index (χ4v) is 3.01. The van der Waals surface area contributed by atoms with Gasteiger partial charge in [-0.1, -0.05) is 5.16 Å². The van der Waals surface area contributed by atoms with Crippen LogP contribution >= 0.6 is 0 Å². The molecule has 3 heterocycles. The number of nitrogens with zero attached hydrogens (tertiary/aromatic N) is 2. The number of nitrogens with one attached hydrogen (secondary N) is 1. The first-order valence-corrected chi connectivity index (χ1v) is 8.90. The van der Waals surface area contributed by atoms with E-state index in [0.29, 0.717) is 25.9 Å². The van der Waals surface area contributed by atoms with E-state index < -0.39 is 27.6 Å². The third-order valence-electron chi connectivity index (χ3n) is 3.73. The van der Waals surface area contributed by atoms with E-state index in [0.717, 1.165) is 6.26 Å². The number of aromatic nitrogens is 2. The van der Waals surface area contributed by atoms with Crippen molar-refractivity contribution < 1.29 is 26.1 Å². The van der Waals surface area contributed by atoms with Crippen LogP contribution in [0.15, 0.2) is 26.2 Å². The number of alkyl halides is 2. The molecule has 1 aliphatic heterocycles. The Kier molecular flexibility index (Phi) is 3.96. The average molecular weight is 347 g/mol. The minimum atomic E-state index is -3.54. The maximum atomic E-state index is 14.4. The van der Waals surface area contributed by atoms with E-state index in [1.165, 1.54) is 12.1 Å². The van der Waals surface area contributed by atoms with Crippen molar-refractivity contribution in [2.75, 3.05) is 19.3 Å². The molecule has 2 aromatic heterocycles. The Balaban J connectivity index is 1.86. The quantitative estimate of drug-likeness (QED) is 0.901. The number of hydrogen-bond donors (Lipinski definition) is 1. The Bertz CT molecular complexity index is 794. The van der Waals surface area contributed by atoms with Crippen molar-refractivity contribution in [2.24, 2.45) is 5.92 Å². The first-order chi connectivity index (χ1) is 10.8. The van der Waals surface area contributed by atoms with Crippen molar-refractivity contribution in [2.45, 2.75) is 23.9 Å². The zero-order valence-electron chi connectivity index (χ0n) is 12.3. The van der Waals surface area contributed by atoms with Gasteiger partial charge in [0.05, 0.1) is 0 Å². The summed E-state index contributed by atoms with van der Waals surface area (Å²) < 4.78 is 61.3. The molecule has 10 heteroatoms. The van der Waals surface area contributed by atoms with Gasteiger partial charge >= 0.3 is 5.92 Å². The molecule has 0 radical (unpaired) electrons. The Morgan fingerprint density at radius 3 is 2.61 bits per heavy atom. The summed E-state index contributed by atoms with van der Waals surface area (Å²) in [6.45, 7) is 1.02. The number of hydrogen-bond acceptors (Lipinski definition) is 7. The summed E-state index contributed by atoms with van der Waals surface area (Å²) in [5.74, 6) is -5.14. The lowest BCUT2D eigenvalue weighted by atomic mass is 9.91. The summed E-state index contributed by atoms with van der Waals surface area (Å²) in [6, 6.07) is 2.51. The van der Waals surface area contributed by atoms with Gasteiger partial charge in [-0.15, -0.1) is 0 Å². The third kappa shape index (κ3) is 3.13. The van der Waals surface area contributed by atoms with Crippen LogP contribution in [-0.2, 0) is 15.8 Å². The van der Waals surface area contributed by atoms with E-state index in [1.807, 2.05) is 0 Å². The van der Waals surface area contributed by atoms with Crippen molar-refractivity contribution in [3.8, 4) is 11.6 Å². The van der Waals surface area contributed by atoms with Crippen molar-refractivity contribution >= 4 is 9.84 Å². The summed E-state index contributed by atoms with van der Waals surface area (Å²) in [6.07, 6.45) is 1.59. The lowest BCUT2D eigenvalue weighted by molar-refractivity contribution is -0.0993. The number of piperidine rings is 1. The van der Waals surface area contributed by atoms with Crippen LogP contribution in [0.25, 0.3) is 11.6 Å². The molecular formula is C13H15F2N3O4S. The second-order valence-corrected chi connectivity index (χ2v) is 7.41. The van der Waals surface area contributed by atoms with Crippen LogP contribution in [0.2, 0.25) is 0 Å². The normalized spacial score (nSPS) is 17.5. The molecule has 1 fully saturated rings. The Morgan fingerprint density at radius 1 is 1.30 bits per heavy atom. The minimum absolute atomic E-state index is 0.0402. The fraction of sp³-hybridized carbons (Fsp3) is 0.538. The minimum Gasteiger partial charge on any atom is -0.441 e. The Labute approximate surface area is 131 Å². The van der Waals surface area contributed by atoms with Crippen LogP contribution in [0, 0.1) is 5.92 Å². The lowest BCUT2D eigenvalue weighted by Gasteiger charge is -2.27. The number of halogens is 2. The zero-order valence-corrected chi connectivity index (χ0v) is 13.1. The molecule has 0 bridgehead atoms. The van der Waals surface area contributed by atoms with Gasteiger partial charge < -0.3 is 14.3 Å². The molecule has 0 amide bonds. The number of sulfone groups is 1. The predicted molar refractivity (Wildman–Crippen MR) is 74.6 cm³/mol. The topological polar surface area (TPSA) is 98.2 Å². The predicted octanol–water partition coefficient (Wildman–Crippen LogP) is 1.82. The maximum absolute atomic E-state index is 14.4. The van der Waals surface area contributed by atoms with Crippen LogP contribution in [0.1, 0.15) is 18.7 Å². The lowest BCUT2D eigenvalue weighted by Crippen LogP contribution is -2.36. The number of rotatable bonds is 4. The van der Waals surface area contributed by atoms with Gasteiger partial charge in [0.2, 0.25) is 20.8 Å². The zero-order chi connectivity index (χ0) is 16.7. The second kappa shape index (κ2) is 5.68. The monoisotopic (exact) mass is 347 g/mol. The largest absolute Gasteiger partial charge is 0.441 e. The molecule has 0 spiro atoms. The first kappa shape index (κ1) is 16.1. The summed E-state index contributed by atoms with van der Waals surface area (Å²) in [7, 11) is -3.54. The molecule has 1 saturated heterocycles. The molecule has 23 heavy (non-hydrogen) atoms. The van der Waals surface area contributed by atoms with E-state index in [-0.39, 0.29) is 16.7 Å². The standard InChI is InChI=1S/C13H15F2N3O4S/c1-23(19,20)10-3-2-9(21-10)11-17-12(22-18-11)13(14,15)8-4-6-16-7-5-8/h2-3,8,16H,4-7H2,1H3. The van der Waals surface area contributed by atoms with Gasteiger partial charge in [0.1, 0.15) is 0 Å². The second-order valence-electron chi connectivity index (χ2n) is 5.46. The van der Waals surface area contributed by atoms with Crippen LogP contribution in [0.4, 0.5) is 8.78 Å². The van der Waals surface area contributed by atoms with Crippen LogP contribution < -0.4 is 5.32 Å². The SMILES string of the molecule is CS(=O)(=O)c1ccc(-c2noc(C(F)(F)C3CCNCC3)n2)o1. The van der Waals surface area contributed by atoms with Gasteiger partial charge in [-0.2, -0.15) is 13.8 Å². The summed E-state index contributed by atoms with van der Waals surface area (Å²) in [5.41, 5.74) is 0. The highest BCUT2D eigenvalue weighted by Crippen LogP contribution is 2.40. The van der Waals surface area contributed by atoms with Gasteiger partial charge in [0.15, 0.2) is 5.76 Å². The van der Waals surface area contributed by atoms with E-state index in [4.69, 9.17) is 8.94 Å². The maximum Gasteiger partial charge on any atom is 0.327 e. The van der Waals surface area contributed by atoms with Crippen LogP contribution in [0.3, 0.4) is 0 Å². The van der Waals surface area contributed by atoms with Gasteiger partial charge in [0.25, 0.3) is 5.89 Å². The molecule has 7 nitrogen and oxygen atoms in total. The molecular weight excluding hydrogens is 332 g/mol. The van der Waals surface area contributed by atoms with E-state index in [2.05, 4.69) is 15.5 Å². The molecule has 126 valence electrons. The molecule has 0 saturated carbocycles. The van der Waals surface area contributed by atoms with Gasteiger partial charge in [-0.05, 0) is 38.1 Å². The van der Waals surface area contributed by atoms with Gasteiger partial charge in [-0.25, -0.2) is 8.42 Å². The highest BCUT2D eigenvalue weighted by atomic mass is 32.2. The molecule has 0 aromatic carbocycles. The van der Waals surface area contributed by atoms with Crippen molar-refractivity contribution in [3.63, 3.8) is 0 Å². The Morgan fingerprint density at radius 2 is 2.00 bits per heavy atom. The van der Waals surface area contributed by atoms with E-state index >= 15 is 0 Å². The highest BCUT2D eigenvalue weighted by molar-refractivity contribution is 7.90.